The van der Waals surface area contributed by atoms with Gasteiger partial charge in [0.1, 0.15) is 18.4 Å². The minimum atomic E-state index is -3.88. The fraction of sp³-hybridized carbons (Fsp3) is 0.333. The lowest BCUT2D eigenvalue weighted by Gasteiger charge is -2.32. The monoisotopic (exact) mass is 503 g/mol. The molecule has 2 aromatic carbocycles. The first-order chi connectivity index (χ1) is 15.0. The summed E-state index contributed by atoms with van der Waals surface area (Å²) in [4.78, 5) is 27.0. The molecule has 0 spiro atoms. The van der Waals surface area contributed by atoms with Gasteiger partial charge in [-0.25, -0.2) is 12.8 Å². The number of carbonyl (C=O) groups excluding carboxylic acids is 2. The maximum atomic E-state index is 13.3. The lowest BCUT2D eigenvalue weighted by atomic mass is 10.1. The molecular formula is C21H24Cl2FN3O4S. The number of rotatable bonds is 9. The number of sulfonamides is 1. The topological polar surface area (TPSA) is 86.8 Å². The molecule has 0 saturated carbocycles. The van der Waals surface area contributed by atoms with Crippen molar-refractivity contribution in [1.29, 1.82) is 0 Å². The van der Waals surface area contributed by atoms with Gasteiger partial charge in [-0.3, -0.25) is 13.9 Å². The SMILES string of the molecule is CC[C@@H](C(=O)NC)N(Cc1ccc(F)cc1)C(=O)CN(c1ccc(Cl)c(Cl)c1)S(C)(=O)=O. The normalized spacial score (nSPS) is 12.2. The van der Waals surface area contributed by atoms with E-state index in [9.17, 15) is 22.4 Å². The molecule has 0 aliphatic rings. The van der Waals surface area contributed by atoms with Crippen LogP contribution in [0.4, 0.5) is 10.1 Å². The third-order valence-corrected chi connectivity index (χ3v) is 6.65. The minimum absolute atomic E-state index is 0.00990. The fourth-order valence-corrected chi connectivity index (χ4v) is 4.26. The van der Waals surface area contributed by atoms with Crippen LogP contribution in [-0.2, 0) is 26.2 Å². The number of amides is 2. The Morgan fingerprint density at radius 3 is 2.22 bits per heavy atom. The summed E-state index contributed by atoms with van der Waals surface area (Å²) in [7, 11) is -2.43. The number of hydrogen-bond acceptors (Lipinski definition) is 4. The van der Waals surface area contributed by atoms with Gasteiger partial charge in [0, 0.05) is 13.6 Å². The first kappa shape index (κ1) is 25.9. The number of likely N-dealkylation sites (N-methyl/N-ethyl adjacent to an activating group) is 1. The largest absolute Gasteiger partial charge is 0.357 e. The number of nitrogens with zero attached hydrogens (tertiary/aromatic N) is 2. The lowest BCUT2D eigenvalue weighted by Crippen LogP contribution is -2.51. The highest BCUT2D eigenvalue weighted by molar-refractivity contribution is 7.92. The summed E-state index contributed by atoms with van der Waals surface area (Å²) >= 11 is 12.0. The van der Waals surface area contributed by atoms with E-state index in [1.807, 2.05) is 0 Å². The average molecular weight is 504 g/mol. The van der Waals surface area contributed by atoms with Gasteiger partial charge in [-0.15, -0.1) is 0 Å². The van der Waals surface area contributed by atoms with E-state index < -0.39 is 40.2 Å². The quantitative estimate of drug-likeness (QED) is 0.567. The van der Waals surface area contributed by atoms with Gasteiger partial charge < -0.3 is 10.2 Å². The highest BCUT2D eigenvalue weighted by Crippen LogP contribution is 2.28. The van der Waals surface area contributed by atoms with Crippen molar-refractivity contribution >= 4 is 50.7 Å². The Morgan fingerprint density at radius 1 is 1.09 bits per heavy atom. The Bertz CT molecular complexity index is 1080. The minimum Gasteiger partial charge on any atom is -0.357 e. The molecule has 0 aliphatic heterocycles. The van der Waals surface area contributed by atoms with E-state index in [0.29, 0.717) is 5.56 Å². The van der Waals surface area contributed by atoms with Crippen molar-refractivity contribution in [3.05, 3.63) is 63.9 Å². The number of anilines is 1. The van der Waals surface area contributed by atoms with Crippen LogP contribution in [-0.4, -0.2) is 51.0 Å². The zero-order chi connectivity index (χ0) is 24.1. The molecule has 1 N–H and O–H groups in total. The number of hydrogen-bond donors (Lipinski definition) is 1. The number of halogens is 3. The molecule has 174 valence electrons. The van der Waals surface area contributed by atoms with Gasteiger partial charge in [-0.1, -0.05) is 42.3 Å². The first-order valence-corrected chi connectivity index (χ1v) is 12.3. The highest BCUT2D eigenvalue weighted by atomic mass is 35.5. The molecule has 1 atom stereocenters. The number of nitrogens with one attached hydrogen (secondary N) is 1. The zero-order valence-electron chi connectivity index (χ0n) is 17.8. The van der Waals surface area contributed by atoms with Crippen LogP contribution in [0.15, 0.2) is 42.5 Å². The van der Waals surface area contributed by atoms with Crippen molar-refractivity contribution < 1.29 is 22.4 Å². The van der Waals surface area contributed by atoms with Crippen LogP contribution in [0.5, 0.6) is 0 Å². The van der Waals surface area contributed by atoms with E-state index in [2.05, 4.69) is 5.32 Å². The van der Waals surface area contributed by atoms with Gasteiger partial charge in [0.2, 0.25) is 21.8 Å². The Hall–Kier alpha value is -2.36. The van der Waals surface area contributed by atoms with Crippen LogP contribution < -0.4 is 9.62 Å². The van der Waals surface area contributed by atoms with Crippen LogP contribution in [0.2, 0.25) is 10.0 Å². The second-order valence-electron chi connectivity index (χ2n) is 7.05. The molecule has 0 aromatic heterocycles. The van der Waals surface area contributed by atoms with Gasteiger partial charge in [0.05, 0.1) is 22.0 Å². The Morgan fingerprint density at radius 2 is 1.72 bits per heavy atom. The number of carbonyl (C=O) groups is 2. The summed E-state index contributed by atoms with van der Waals surface area (Å²) in [5, 5.41) is 2.88. The molecule has 11 heteroatoms. The molecule has 2 rings (SSSR count). The fourth-order valence-electron chi connectivity index (χ4n) is 3.13. The molecule has 32 heavy (non-hydrogen) atoms. The van der Waals surface area contributed by atoms with Crippen LogP contribution >= 0.6 is 23.2 Å². The predicted molar refractivity (Wildman–Crippen MR) is 124 cm³/mol. The van der Waals surface area contributed by atoms with Gasteiger partial charge in [0.15, 0.2) is 0 Å². The lowest BCUT2D eigenvalue weighted by molar-refractivity contribution is -0.140. The molecular weight excluding hydrogens is 480 g/mol. The summed E-state index contributed by atoms with van der Waals surface area (Å²) in [5.41, 5.74) is 0.743. The van der Waals surface area contributed by atoms with E-state index in [0.717, 1.165) is 10.6 Å². The molecule has 0 bridgehead atoms. The maximum absolute atomic E-state index is 13.3. The van der Waals surface area contributed by atoms with Crippen LogP contribution in [0, 0.1) is 5.82 Å². The summed E-state index contributed by atoms with van der Waals surface area (Å²) in [5.74, 6) is -1.45. The molecule has 0 unspecified atom stereocenters. The predicted octanol–water partition coefficient (Wildman–Crippen LogP) is 3.45. The standard InChI is InChI=1S/C21H24Cl2FN3O4S/c1-4-19(21(29)25-2)26(12-14-5-7-15(24)8-6-14)20(28)13-27(32(3,30)31)16-9-10-17(22)18(23)11-16/h5-11,19H,4,12-13H2,1-3H3,(H,25,29)/t19-/m0/s1. The van der Waals surface area contributed by atoms with Crippen molar-refractivity contribution in [3.8, 4) is 0 Å². The first-order valence-electron chi connectivity index (χ1n) is 9.66. The van der Waals surface area contributed by atoms with E-state index in [-0.39, 0.29) is 28.7 Å². The van der Waals surface area contributed by atoms with Gasteiger partial charge in [-0.05, 0) is 42.3 Å². The third kappa shape index (κ3) is 6.57. The van der Waals surface area contributed by atoms with Crippen LogP contribution in [0.25, 0.3) is 0 Å². The van der Waals surface area contributed by atoms with Crippen molar-refractivity contribution in [2.24, 2.45) is 0 Å². The van der Waals surface area contributed by atoms with Crippen LogP contribution in [0.3, 0.4) is 0 Å². The zero-order valence-corrected chi connectivity index (χ0v) is 20.1. The molecule has 0 fully saturated rings. The molecule has 7 nitrogen and oxygen atoms in total. The summed E-state index contributed by atoms with van der Waals surface area (Å²) < 4.78 is 39.1. The summed E-state index contributed by atoms with van der Waals surface area (Å²) in [6.45, 7) is 1.16. The molecule has 2 amide bonds. The van der Waals surface area contributed by atoms with Crippen molar-refractivity contribution in [2.75, 3.05) is 24.2 Å². The smallest absolute Gasteiger partial charge is 0.244 e. The third-order valence-electron chi connectivity index (χ3n) is 4.77. The highest BCUT2D eigenvalue weighted by Gasteiger charge is 2.31. The Balaban J connectivity index is 2.43. The Labute approximate surface area is 197 Å². The Kier molecular flexibility index (Phi) is 8.89. The van der Waals surface area contributed by atoms with Crippen molar-refractivity contribution in [2.45, 2.75) is 25.9 Å². The molecule has 0 heterocycles. The molecule has 0 radical (unpaired) electrons. The molecule has 2 aromatic rings. The van der Waals surface area contributed by atoms with Crippen molar-refractivity contribution in [1.82, 2.24) is 10.2 Å². The number of benzene rings is 2. The van der Waals surface area contributed by atoms with Crippen LogP contribution in [0.1, 0.15) is 18.9 Å². The average Bonchev–Trinajstić information content (AvgIpc) is 2.74. The van der Waals surface area contributed by atoms with Gasteiger partial charge in [0.25, 0.3) is 0 Å². The van der Waals surface area contributed by atoms with E-state index in [1.54, 1.807) is 6.92 Å². The van der Waals surface area contributed by atoms with Gasteiger partial charge >= 0.3 is 0 Å². The van der Waals surface area contributed by atoms with Gasteiger partial charge in [-0.2, -0.15) is 0 Å². The second-order valence-corrected chi connectivity index (χ2v) is 9.78. The maximum Gasteiger partial charge on any atom is 0.244 e. The van der Waals surface area contributed by atoms with E-state index >= 15 is 0 Å². The summed E-state index contributed by atoms with van der Waals surface area (Å²) in [6, 6.07) is 8.85. The van der Waals surface area contributed by atoms with Crippen molar-refractivity contribution in [3.63, 3.8) is 0 Å². The van der Waals surface area contributed by atoms with E-state index in [4.69, 9.17) is 23.2 Å². The van der Waals surface area contributed by atoms with E-state index in [1.165, 1.54) is 54.4 Å². The molecule has 0 aliphatic carbocycles. The summed E-state index contributed by atoms with van der Waals surface area (Å²) in [6.07, 6.45) is 1.25. The second kappa shape index (κ2) is 11.0. The molecule has 0 saturated heterocycles.